The molecular weight excluding hydrogens is 501 g/mol. The minimum atomic E-state index is -2.01. The van der Waals surface area contributed by atoms with Crippen molar-refractivity contribution in [3.05, 3.63) is 101 Å². The molecule has 0 bridgehead atoms. The van der Waals surface area contributed by atoms with Crippen molar-refractivity contribution in [2.45, 2.75) is 77.4 Å². The average molecular weight is 544 g/mol. The van der Waals surface area contributed by atoms with E-state index >= 15 is 0 Å². The third kappa shape index (κ3) is 6.61. The molecule has 0 aromatic heterocycles. The Morgan fingerprint density at radius 1 is 0.974 bits per heavy atom. The van der Waals surface area contributed by atoms with Crippen molar-refractivity contribution in [1.29, 1.82) is 5.26 Å². The molecule has 0 unspecified atom stereocenters. The molecular formula is C33H42FN3OSi. The monoisotopic (exact) mass is 543 g/mol. The van der Waals surface area contributed by atoms with Crippen molar-refractivity contribution in [1.82, 2.24) is 9.80 Å². The fourth-order valence-electron chi connectivity index (χ4n) is 5.21. The van der Waals surface area contributed by atoms with Crippen LogP contribution in [0.15, 0.2) is 72.8 Å². The van der Waals surface area contributed by atoms with Gasteiger partial charge in [0.25, 0.3) is 0 Å². The van der Waals surface area contributed by atoms with Crippen LogP contribution >= 0.6 is 0 Å². The van der Waals surface area contributed by atoms with Crippen LogP contribution < -0.4 is 4.43 Å². The lowest BCUT2D eigenvalue weighted by Gasteiger charge is -2.48. The molecule has 1 aliphatic rings. The van der Waals surface area contributed by atoms with E-state index < -0.39 is 8.32 Å². The highest BCUT2D eigenvalue weighted by atomic mass is 28.4. The van der Waals surface area contributed by atoms with E-state index in [0.29, 0.717) is 5.56 Å². The Hall–Kier alpha value is -2.98. The van der Waals surface area contributed by atoms with E-state index in [1.165, 1.54) is 12.1 Å². The number of halogens is 1. The van der Waals surface area contributed by atoms with Crippen LogP contribution in [0.4, 0.5) is 4.39 Å². The second-order valence-electron chi connectivity index (χ2n) is 12.5. The Labute approximate surface area is 235 Å². The van der Waals surface area contributed by atoms with Crippen LogP contribution in [0.25, 0.3) is 0 Å². The number of hydrogen-bond acceptors (Lipinski definition) is 4. The molecule has 6 heteroatoms. The van der Waals surface area contributed by atoms with Crippen LogP contribution in [0, 0.1) is 17.1 Å². The zero-order valence-electron chi connectivity index (χ0n) is 24.4. The molecule has 1 aliphatic heterocycles. The van der Waals surface area contributed by atoms with E-state index in [-0.39, 0.29) is 29.0 Å². The van der Waals surface area contributed by atoms with Crippen molar-refractivity contribution in [2.75, 3.05) is 13.1 Å². The number of nitriles is 1. The maximum absolute atomic E-state index is 13.5. The van der Waals surface area contributed by atoms with Crippen molar-refractivity contribution in [3.8, 4) is 11.8 Å². The van der Waals surface area contributed by atoms with Crippen LogP contribution in [0.1, 0.15) is 62.9 Å². The SMILES string of the molecule is C[C@@H]1CN([C@H](c2cccc(O[Si](C)(C)C(C)(C)C)c2)c2ccccc2C#N)[C@@H](C)CN1Cc1ccc(F)cc1. The average Bonchev–Trinajstić information content (AvgIpc) is 2.88. The molecule has 0 spiro atoms. The molecule has 4 nitrogen and oxygen atoms in total. The van der Waals surface area contributed by atoms with Gasteiger partial charge in [-0.05, 0) is 79.0 Å². The van der Waals surface area contributed by atoms with E-state index in [2.05, 4.69) is 93.9 Å². The molecule has 0 N–H and O–H groups in total. The zero-order chi connectivity index (χ0) is 28.4. The Morgan fingerprint density at radius 2 is 1.67 bits per heavy atom. The summed E-state index contributed by atoms with van der Waals surface area (Å²) in [5.41, 5.74) is 3.98. The minimum Gasteiger partial charge on any atom is -0.543 e. The molecule has 0 aliphatic carbocycles. The van der Waals surface area contributed by atoms with Gasteiger partial charge >= 0.3 is 0 Å². The molecule has 0 saturated carbocycles. The zero-order valence-corrected chi connectivity index (χ0v) is 25.4. The highest BCUT2D eigenvalue weighted by Crippen LogP contribution is 2.40. The van der Waals surface area contributed by atoms with Gasteiger partial charge in [0.05, 0.1) is 17.7 Å². The highest BCUT2D eigenvalue weighted by molar-refractivity contribution is 6.74. The lowest BCUT2D eigenvalue weighted by Crippen LogP contribution is -2.56. The number of nitrogens with zero attached hydrogens (tertiary/aromatic N) is 3. The number of hydrogen-bond donors (Lipinski definition) is 0. The summed E-state index contributed by atoms with van der Waals surface area (Å²) in [6.45, 7) is 18.3. The number of benzene rings is 3. The van der Waals surface area contributed by atoms with Gasteiger partial charge in [0.1, 0.15) is 11.6 Å². The molecule has 4 rings (SSSR count). The van der Waals surface area contributed by atoms with E-state index in [0.717, 1.165) is 42.1 Å². The molecule has 3 aromatic rings. The standard InChI is InChI=1S/C33H42FN3OSi/c1-24-22-37(25(2)21-36(24)23-26-15-17-29(34)18-16-26)32(31-14-9-8-11-28(31)20-35)27-12-10-13-30(19-27)38-39(6,7)33(3,4)5/h8-19,24-25,32H,21-23H2,1-7H3/t24-,25+,32-/m1/s1. The van der Waals surface area contributed by atoms with E-state index in [9.17, 15) is 9.65 Å². The van der Waals surface area contributed by atoms with Gasteiger partial charge in [-0.1, -0.05) is 63.2 Å². The first kappa shape index (κ1) is 29.0. The second-order valence-corrected chi connectivity index (χ2v) is 17.2. The van der Waals surface area contributed by atoms with E-state index in [1.54, 1.807) is 0 Å². The summed E-state index contributed by atoms with van der Waals surface area (Å²) in [4.78, 5) is 5.01. The van der Waals surface area contributed by atoms with Crippen LogP contribution in [-0.4, -0.2) is 43.3 Å². The molecule has 1 fully saturated rings. The summed E-state index contributed by atoms with van der Waals surface area (Å²) in [6, 6.07) is 26.2. The van der Waals surface area contributed by atoms with E-state index in [1.807, 2.05) is 30.3 Å². The number of piperazine rings is 1. The van der Waals surface area contributed by atoms with E-state index in [4.69, 9.17) is 4.43 Å². The summed E-state index contributed by atoms with van der Waals surface area (Å²) in [7, 11) is -2.01. The fraction of sp³-hybridized carbons (Fsp3) is 0.424. The maximum Gasteiger partial charge on any atom is 0.250 e. The Balaban J connectivity index is 1.68. The quantitative estimate of drug-likeness (QED) is 0.286. The summed E-state index contributed by atoms with van der Waals surface area (Å²) >= 11 is 0. The maximum atomic E-state index is 13.5. The van der Waals surface area contributed by atoms with Gasteiger partial charge in [-0.3, -0.25) is 9.80 Å². The fourth-order valence-corrected chi connectivity index (χ4v) is 6.23. The van der Waals surface area contributed by atoms with Gasteiger partial charge in [-0.15, -0.1) is 0 Å². The molecule has 3 aromatic carbocycles. The summed E-state index contributed by atoms with van der Waals surface area (Å²) < 4.78 is 20.2. The second kappa shape index (κ2) is 11.6. The topological polar surface area (TPSA) is 39.5 Å². The highest BCUT2D eigenvalue weighted by Gasteiger charge is 2.40. The molecule has 1 heterocycles. The minimum absolute atomic E-state index is 0.0748. The molecule has 206 valence electrons. The summed E-state index contributed by atoms with van der Waals surface area (Å²) in [5.74, 6) is 0.693. The van der Waals surface area contributed by atoms with Gasteiger partial charge in [-0.2, -0.15) is 5.26 Å². The largest absolute Gasteiger partial charge is 0.543 e. The first-order valence-corrected chi connectivity index (χ1v) is 16.8. The predicted octanol–water partition coefficient (Wildman–Crippen LogP) is 7.77. The van der Waals surface area contributed by atoms with Crippen molar-refractivity contribution < 1.29 is 8.82 Å². The lowest BCUT2D eigenvalue weighted by atomic mass is 9.90. The van der Waals surface area contributed by atoms with Gasteiger partial charge < -0.3 is 4.43 Å². The molecule has 0 radical (unpaired) electrons. The number of rotatable bonds is 7. The van der Waals surface area contributed by atoms with Crippen LogP contribution in [-0.2, 0) is 6.54 Å². The van der Waals surface area contributed by atoms with Gasteiger partial charge in [0.15, 0.2) is 0 Å². The van der Waals surface area contributed by atoms with Crippen LogP contribution in [0.3, 0.4) is 0 Å². The normalized spacial score (nSPS) is 19.9. The first-order chi connectivity index (χ1) is 18.4. The Kier molecular flexibility index (Phi) is 8.65. The first-order valence-electron chi connectivity index (χ1n) is 13.9. The molecule has 3 atom stereocenters. The Morgan fingerprint density at radius 3 is 2.33 bits per heavy atom. The summed E-state index contributed by atoms with van der Waals surface area (Å²) in [5, 5.41) is 10.1. The smallest absolute Gasteiger partial charge is 0.250 e. The van der Waals surface area contributed by atoms with Gasteiger partial charge in [-0.25, -0.2) is 4.39 Å². The molecule has 39 heavy (non-hydrogen) atoms. The van der Waals surface area contributed by atoms with Crippen molar-refractivity contribution in [3.63, 3.8) is 0 Å². The predicted molar refractivity (Wildman–Crippen MR) is 160 cm³/mol. The third-order valence-electron chi connectivity index (χ3n) is 8.52. The Bertz CT molecular complexity index is 1310. The van der Waals surface area contributed by atoms with Crippen LogP contribution in [0.2, 0.25) is 18.1 Å². The van der Waals surface area contributed by atoms with Gasteiger partial charge in [0, 0.05) is 31.7 Å². The van der Waals surface area contributed by atoms with Crippen molar-refractivity contribution >= 4 is 8.32 Å². The summed E-state index contributed by atoms with van der Waals surface area (Å²) in [6.07, 6.45) is 0. The lowest BCUT2D eigenvalue weighted by molar-refractivity contribution is 0.0194. The third-order valence-corrected chi connectivity index (χ3v) is 12.9. The van der Waals surface area contributed by atoms with Crippen molar-refractivity contribution in [2.24, 2.45) is 0 Å². The molecule has 0 amide bonds. The molecule has 1 saturated heterocycles. The van der Waals surface area contributed by atoms with Crippen LogP contribution in [0.5, 0.6) is 5.75 Å². The van der Waals surface area contributed by atoms with Gasteiger partial charge in [0.2, 0.25) is 8.32 Å².